The lowest BCUT2D eigenvalue weighted by molar-refractivity contribution is 1.50. The molecule has 6 rings (SSSR count). The molecule has 0 saturated heterocycles. The van der Waals surface area contributed by atoms with Gasteiger partial charge in [0, 0.05) is 0 Å². The number of benzene rings is 6. The Kier molecular flexibility index (Phi) is 8.72. The first kappa shape index (κ1) is 28.4. The molecule has 0 nitrogen and oxygen atoms in total. The quantitative estimate of drug-likeness (QED) is 0.154. The third-order valence-electron chi connectivity index (χ3n) is 7.92. The van der Waals surface area contributed by atoms with Crippen LogP contribution in [-0.4, -0.2) is 0 Å². The van der Waals surface area contributed by atoms with Crippen molar-refractivity contribution in [2.24, 2.45) is 0 Å². The molecule has 0 N–H and O–H groups in total. The molecule has 6 aromatic carbocycles. The Morgan fingerprint density at radius 2 is 0.477 bits per heavy atom. The zero-order valence-electron chi connectivity index (χ0n) is 24.7. The van der Waals surface area contributed by atoms with Crippen molar-refractivity contribution >= 4 is 22.3 Å². The lowest BCUT2D eigenvalue weighted by Gasteiger charge is -2.13. The van der Waals surface area contributed by atoms with Gasteiger partial charge < -0.3 is 0 Å². The summed E-state index contributed by atoms with van der Waals surface area (Å²) in [6.45, 7) is 8.72. The molecule has 44 heavy (non-hydrogen) atoms. The van der Waals surface area contributed by atoms with E-state index in [0.717, 1.165) is 55.7 Å². The average Bonchev–Trinajstić information content (AvgIpc) is 3.11. The summed E-state index contributed by atoms with van der Waals surface area (Å²) in [7, 11) is 0. The molecule has 0 heterocycles. The van der Waals surface area contributed by atoms with Crippen molar-refractivity contribution in [2.45, 2.75) is 0 Å². The molecule has 0 bridgehead atoms. The Bertz CT molecular complexity index is 1760. The molecule has 0 heteroatoms. The Labute approximate surface area is 261 Å². The topological polar surface area (TPSA) is 0 Å². The van der Waals surface area contributed by atoms with Crippen LogP contribution in [0.4, 0.5) is 0 Å². The number of allylic oxidation sites excluding steroid dienone is 2. The van der Waals surface area contributed by atoms with Gasteiger partial charge in [-0.25, -0.2) is 0 Å². The van der Waals surface area contributed by atoms with Crippen LogP contribution in [0.15, 0.2) is 195 Å². The third kappa shape index (κ3) is 6.51. The van der Waals surface area contributed by atoms with Crippen molar-refractivity contribution in [1.82, 2.24) is 0 Å². The molecule has 210 valence electrons. The lowest BCUT2D eigenvalue weighted by atomic mass is 9.91. The fourth-order valence-electron chi connectivity index (χ4n) is 5.43. The van der Waals surface area contributed by atoms with Crippen LogP contribution in [0.5, 0.6) is 0 Å². The second-order valence-corrected chi connectivity index (χ2v) is 10.7. The van der Waals surface area contributed by atoms with Gasteiger partial charge in [-0.15, -0.1) is 0 Å². The van der Waals surface area contributed by atoms with E-state index < -0.39 is 0 Å². The van der Waals surface area contributed by atoms with Crippen LogP contribution < -0.4 is 0 Å². The van der Waals surface area contributed by atoms with Gasteiger partial charge in [-0.2, -0.15) is 0 Å². The predicted molar refractivity (Wildman–Crippen MR) is 189 cm³/mol. The molecule has 0 unspecified atom stereocenters. The Hall–Kier alpha value is -5.72. The molecule has 0 aliphatic rings. The van der Waals surface area contributed by atoms with E-state index in [0.29, 0.717) is 0 Å². The summed E-state index contributed by atoms with van der Waals surface area (Å²) in [6, 6.07) is 59.3. The van der Waals surface area contributed by atoms with Crippen molar-refractivity contribution < 1.29 is 0 Å². The SMILES string of the molecule is C=C(c1ccccc1)c1ccc(/C(=C/C=C(\c2ccccc2)c2ccc(C(=C)c3ccccc3)cc2)c2ccccc2)cc1. The minimum absolute atomic E-state index is 1.02. The molecule has 6 aromatic rings. The first-order valence-corrected chi connectivity index (χ1v) is 14.9. The van der Waals surface area contributed by atoms with Gasteiger partial charge in [-0.1, -0.05) is 195 Å². The van der Waals surface area contributed by atoms with Crippen molar-refractivity contribution in [3.05, 3.63) is 240 Å². The monoisotopic (exact) mass is 562 g/mol. The summed E-state index contributed by atoms with van der Waals surface area (Å²) in [5.74, 6) is 0. The molecule has 0 spiro atoms. The smallest absolute Gasteiger partial charge is 0.0111 e. The zero-order chi connectivity index (χ0) is 30.1. The molecule has 0 amide bonds. The summed E-state index contributed by atoms with van der Waals surface area (Å²) >= 11 is 0. The molecule has 0 aliphatic carbocycles. The maximum atomic E-state index is 4.36. The molecule has 0 aliphatic heterocycles. The molecule has 0 aromatic heterocycles. The van der Waals surface area contributed by atoms with Crippen LogP contribution in [0.3, 0.4) is 0 Å². The van der Waals surface area contributed by atoms with E-state index in [9.17, 15) is 0 Å². The normalized spacial score (nSPS) is 11.6. The fraction of sp³-hybridized carbons (Fsp3) is 0. The van der Waals surface area contributed by atoms with Crippen LogP contribution >= 0.6 is 0 Å². The minimum atomic E-state index is 1.02. The molecular formula is C44H34. The summed E-state index contributed by atoms with van der Waals surface area (Å²) in [6.07, 6.45) is 4.49. The van der Waals surface area contributed by atoms with E-state index in [1.807, 2.05) is 12.1 Å². The van der Waals surface area contributed by atoms with Gasteiger partial charge in [0.25, 0.3) is 0 Å². The Balaban J connectivity index is 1.39. The average molecular weight is 563 g/mol. The number of rotatable bonds is 9. The maximum Gasteiger partial charge on any atom is -0.0111 e. The van der Waals surface area contributed by atoms with Crippen LogP contribution in [-0.2, 0) is 0 Å². The predicted octanol–water partition coefficient (Wildman–Crippen LogP) is 11.4. The van der Waals surface area contributed by atoms with Gasteiger partial charge in [0.05, 0.1) is 0 Å². The first-order valence-electron chi connectivity index (χ1n) is 14.9. The molecule has 0 radical (unpaired) electrons. The van der Waals surface area contributed by atoms with Crippen LogP contribution in [0.1, 0.15) is 44.5 Å². The third-order valence-corrected chi connectivity index (χ3v) is 7.92. The summed E-state index contributed by atoms with van der Waals surface area (Å²) in [4.78, 5) is 0. The molecule has 0 saturated carbocycles. The lowest BCUT2D eigenvalue weighted by Crippen LogP contribution is -1.92. The Morgan fingerprint density at radius 3 is 0.773 bits per heavy atom. The van der Waals surface area contributed by atoms with Crippen LogP contribution in [0.25, 0.3) is 22.3 Å². The highest BCUT2D eigenvalue weighted by molar-refractivity contribution is 5.88. The Morgan fingerprint density at radius 1 is 0.273 bits per heavy atom. The van der Waals surface area contributed by atoms with Crippen molar-refractivity contribution in [3.8, 4) is 0 Å². The standard InChI is InChI=1S/C44H34/c1-33(35-15-7-3-8-16-35)37-23-27-41(28-24-37)43(39-19-11-5-12-20-39)31-32-44(40-21-13-6-14-22-40)42-29-25-38(26-30-42)34(2)36-17-9-4-10-18-36/h3-32H,1-2H2/b43-31+,44-32+. The summed E-state index contributed by atoms with van der Waals surface area (Å²) in [5, 5.41) is 0. The summed E-state index contributed by atoms with van der Waals surface area (Å²) < 4.78 is 0. The van der Waals surface area contributed by atoms with Crippen molar-refractivity contribution in [2.75, 3.05) is 0 Å². The van der Waals surface area contributed by atoms with E-state index in [2.05, 4.69) is 183 Å². The van der Waals surface area contributed by atoms with Gasteiger partial charge in [-0.05, 0) is 66.8 Å². The van der Waals surface area contributed by atoms with E-state index in [1.165, 1.54) is 11.1 Å². The van der Waals surface area contributed by atoms with E-state index >= 15 is 0 Å². The van der Waals surface area contributed by atoms with Crippen molar-refractivity contribution in [1.29, 1.82) is 0 Å². The number of hydrogen-bond donors (Lipinski definition) is 0. The highest BCUT2D eigenvalue weighted by Crippen LogP contribution is 2.31. The van der Waals surface area contributed by atoms with E-state index in [1.54, 1.807) is 0 Å². The van der Waals surface area contributed by atoms with Crippen LogP contribution in [0, 0.1) is 0 Å². The number of hydrogen-bond acceptors (Lipinski definition) is 0. The van der Waals surface area contributed by atoms with Gasteiger partial charge >= 0.3 is 0 Å². The summed E-state index contributed by atoms with van der Waals surface area (Å²) in [5.41, 5.74) is 13.5. The zero-order valence-corrected chi connectivity index (χ0v) is 24.7. The second-order valence-electron chi connectivity index (χ2n) is 10.7. The van der Waals surface area contributed by atoms with Gasteiger partial charge in [0.1, 0.15) is 0 Å². The minimum Gasteiger partial charge on any atom is -0.0906 e. The maximum absolute atomic E-state index is 4.36. The van der Waals surface area contributed by atoms with E-state index in [-0.39, 0.29) is 0 Å². The molecule has 0 fully saturated rings. The van der Waals surface area contributed by atoms with Gasteiger partial charge in [0.15, 0.2) is 0 Å². The highest BCUT2D eigenvalue weighted by Gasteiger charge is 2.10. The molecular weight excluding hydrogens is 528 g/mol. The first-order chi connectivity index (χ1) is 21.7. The highest BCUT2D eigenvalue weighted by atomic mass is 14.1. The van der Waals surface area contributed by atoms with E-state index in [4.69, 9.17) is 0 Å². The molecule has 0 atom stereocenters. The van der Waals surface area contributed by atoms with Crippen LogP contribution in [0.2, 0.25) is 0 Å². The van der Waals surface area contributed by atoms with Crippen molar-refractivity contribution in [3.63, 3.8) is 0 Å². The van der Waals surface area contributed by atoms with Gasteiger partial charge in [-0.3, -0.25) is 0 Å². The van der Waals surface area contributed by atoms with Gasteiger partial charge in [0.2, 0.25) is 0 Å². The fourth-order valence-corrected chi connectivity index (χ4v) is 5.43. The second kappa shape index (κ2) is 13.5. The largest absolute Gasteiger partial charge is 0.0906 e.